The number of nitrogens with two attached hydrogens (primary N) is 1. The molecule has 3 rings (SSSR count). The second-order valence-electron chi connectivity index (χ2n) is 4.07. The molecule has 0 aromatic carbocycles. The predicted octanol–water partition coefficient (Wildman–Crippen LogP) is 0.0943. The number of aromatic nitrogens is 4. The second-order valence-corrected chi connectivity index (χ2v) is 4.07. The number of rotatable bonds is 1. The van der Waals surface area contributed by atoms with Gasteiger partial charge in [-0.2, -0.15) is 5.10 Å². The van der Waals surface area contributed by atoms with Crippen molar-refractivity contribution >= 4 is 11.5 Å². The molecule has 0 unspecified atom stereocenters. The van der Waals surface area contributed by atoms with E-state index in [1.807, 2.05) is 0 Å². The average molecular weight is 261 g/mol. The summed E-state index contributed by atoms with van der Waals surface area (Å²) in [5.74, 6) is 0.273. The monoisotopic (exact) mass is 261 g/mol. The van der Waals surface area contributed by atoms with Crippen LogP contribution < -0.4 is 5.73 Å². The zero-order valence-electron chi connectivity index (χ0n) is 9.76. The molecule has 0 bridgehead atoms. The minimum absolute atomic E-state index is 0.0342. The van der Waals surface area contributed by atoms with Crippen molar-refractivity contribution in [1.29, 1.82) is 0 Å². The zero-order chi connectivity index (χ0) is 13.6. The van der Waals surface area contributed by atoms with Gasteiger partial charge >= 0.3 is 0 Å². The van der Waals surface area contributed by atoms with Gasteiger partial charge in [-0.25, -0.2) is 14.5 Å². The molecule has 8 heteroatoms. The van der Waals surface area contributed by atoms with Crippen molar-refractivity contribution in [1.82, 2.24) is 19.6 Å². The van der Waals surface area contributed by atoms with E-state index < -0.39 is 12.2 Å². The van der Waals surface area contributed by atoms with E-state index in [1.165, 1.54) is 17.0 Å². The van der Waals surface area contributed by atoms with Gasteiger partial charge in [-0.3, -0.25) is 0 Å². The van der Waals surface area contributed by atoms with Crippen LogP contribution in [0, 0.1) is 0 Å². The molecule has 19 heavy (non-hydrogen) atoms. The molecule has 2 aromatic rings. The Kier molecular flexibility index (Phi) is 2.39. The maximum absolute atomic E-state index is 9.81. The van der Waals surface area contributed by atoms with Crippen LogP contribution in [-0.4, -0.2) is 35.9 Å². The first-order chi connectivity index (χ1) is 9.13. The van der Waals surface area contributed by atoms with E-state index in [2.05, 4.69) is 21.6 Å². The Bertz CT molecular complexity index is 693. The van der Waals surface area contributed by atoms with E-state index in [0.29, 0.717) is 23.2 Å². The summed E-state index contributed by atoms with van der Waals surface area (Å²) in [6.07, 6.45) is 1.81. The summed E-state index contributed by atoms with van der Waals surface area (Å²) in [6.45, 7) is 3.76. The predicted molar refractivity (Wildman–Crippen MR) is 64.9 cm³/mol. The van der Waals surface area contributed by atoms with Crippen LogP contribution in [0.2, 0.25) is 0 Å². The summed E-state index contributed by atoms with van der Waals surface area (Å²) in [4.78, 5) is 7.93. The van der Waals surface area contributed by atoms with Gasteiger partial charge in [0.1, 0.15) is 24.4 Å². The Morgan fingerprint density at radius 3 is 2.95 bits per heavy atom. The van der Waals surface area contributed by atoms with Crippen molar-refractivity contribution in [3.05, 3.63) is 42.4 Å². The summed E-state index contributed by atoms with van der Waals surface area (Å²) >= 11 is 0. The molecule has 2 atom stereocenters. The molecule has 0 radical (unpaired) electrons. The fourth-order valence-electron chi connectivity index (χ4n) is 1.98. The molecule has 4 N–H and O–H groups in total. The van der Waals surface area contributed by atoms with Gasteiger partial charge in [0.2, 0.25) is 0 Å². The highest BCUT2D eigenvalue weighted by Gasteiger charge is 2.37. The summed E-state index contributed by atoms with van der Waals surface area (Å²) in [5.41, 5.74) is 7.01. The fourth-order valence-corrected chi connectivity index (χ4v) is 1.98. The van der Waals surface area contributed by atoms with Gasteiger partial charge in [0.25, 0.3) is 0 Å². The van der Waals surface area contributed by atoms with Crippen molar-refractivity contribution in [3.63, 3.8) is 0 Å². The fraction of sp³-hybridized carbons (Fsp3) is 0.182. The quantitative estimate of drug-likeness (QED) is 0.491. The van der Waals surface area contributed by atoms with Crippen LogP contribution in [0.5, 0.6) is 0 Å². The highest BCUT2D eigenvalue weighted by molar-refractivity contribution is 5.59. The van der Waals surface area contributed by atoms with Crippen LogP contribution in [0.15, 0.2) is 36.7 Å². The topological polar surface area (TPSA) is 119 Å². The molecular weight excluding hydrogens is 250 g/mol. The van der Waals surface area contributed by atoms with Crippen LogP contribution in [0.25, 0.3) is 5.65 Å². The van der Waals surface area contributed by atoms with E-state index >= 15 is 0 Å². The smallest absolute Gasteiger partial charge is 0.196 e. The first-order valence-electron chi connectivity index (χ1n) is 5.45. The van der Waals surface area contributed by atoms with Crippen molar-refractivity contribution in [2.24, 2.45) is 0 Å². The third-order valence-electron chi connectivity index (χ3n) is 2.96. The van der Waals surface area contributed by atoms with Gasteiger partial charge in [0.15, 0.2) is 23.3 Å². The number of hydrogen-bond donors (Lipinski definition) is 3. The molecular formula is C11H11N5O3. The Morgan fingerprint density at radius 2 is 2.26 bits per heavy atom. The summed E-state index contributed by atoms with van der Waals surface area (Å²) in [7, 11) is 0. The Hall–Kier alpha value is -2.61. The van der Waals surface area contributed by atoms with Gasteiger partial charge < -0.3 is 20.7 Å². The molecule has 2 aromatic heterocycles. The third kappa shape index (κ3) is 1.54. The third-order valence-corrected chi connectivity index (χ3v) is 2.96. The minimum atomic E-state index is -1.06. The first kappa shape index (κ1) is 11.5. The molecule has 3 heterocycles. The first-order valence-corrected chi connectivity index (χ1v) is 5.45. The SMILES string of the molecule is C=C1[C@H](c2cnc3c(N)ncnn23)O/C(=C/O)[C@H]1O. The van der Waals surface area contributed by atoms with Crippen LogP contribution >= 0.6 is 0 Å². The van der Waals surface area contributed by atoms with E-state index in [1.54, 1.807) is 0 Å². The van der Waals surface area contributed by atoms with Crippen molar-refractivity contribution in [2.75, 3.05) is 5.73 Å². The Morgan fingerprint density at radius 1 is 1.47 bits per heavy atom. The van der Waals surface area contributed by atoms with Gasteiger partial charge in [-0.1, -0.05) is 6.58 Å². The second kappa shape index (κ2) is 3.95. The lowest BCUT2D eigenvalue weighted by Crippen LogP contribution is -2.09. The summed E-state index contributed by atoms with van der Waals surface area (Å²) in [6, 6.07) is 0. The molecule has 0 aliphatic carbocycles. The van der Waals surface area contributed by atoms with Crippen molar-refractivity contribution in [3.8, 4) is 0 Å². The van der Waals surface area contributed by atoms with E-state index in [-0.39, 0.29) is 11.6 Å². The lowest BCUT2D eigenvalue weighted by molar-refractivity contribution is 0.145. The van der Waals surface area contributed by atoms with Crippen LogP contribution in [-0.2, 0) is 4.74 Å². The minimum Gasteiger partial charge on any atom is -0.512 e. The van der Waals surface area contributed by atoms with Gasteiger partial charge in [0.05, 0.1) is 6.20 Å². The lowest BCUT2D eigenvalue weighted by atomic mass is 10.1. The highest BCUT2D eigenvalue weighted by Crippen LogP contribution is 2.38. The molecule has 98 valence electrons. The number of imidazole rings is 1. The largest absolute Gasteiger partial charge is 0.512 e. The van der Waals surface area contributed by atoms with E-state index in [0.717, 1.165) is 0 Å². The summed E-state index contributed by atoms with van der Waals surface area (Å²) in [5, 5.41) is 22.8. The summed E-state index contributed by atoms with van der Waals surface area (Å²) < 4.78 is 6.89. The van der Waals surface area contributed by atoms with E-state index in [9.17, 15) is 5.11 Å². The number of nitrogen functional groups attached to an aromatic ring is 1. The standard InChI is InChI=1S/C11H11N5O3/c1-5-8(18)7(3-17)19-9(5)6-2-13-11-10(12)14-4-15-16(6)11/h2-4,8-9,17-18H,1H2,(H2,12,14,15)/b7-3+/t8-,9+/m0/s1. The van der Waals surface area contributed by atoms with Crippen LogP contribution in [0.1, 0.15) is 11.8 Å². The number of ether oxygens (including phenoxy) is 1. The van der Waals surface area contributed by atoms with Crippen LogP contribution in [0.3, 0.4) is 0 Å². The normalized spacial score (nSPS) is 25.1. The van der Waals surface area contributed by atoms with Crippen molar-refractivity contribution < 1.29 is 14.9 Å². The maximum Gasteiger partial charge on any atom is 0.196 e. The number of hydrogen-bond acceptors (Lipinski definition) is 7. The maximum atomic E-state index is 9.81. The molecule has 0 amide bonds. The zero-order valence-corrected chi connectivity index (χ0v) is 9.76. The number of aliphatic hydroxyl groups is 2. The average Bonchev–Trinajstić information content (AvgIpc) is 2.94. The number of nitrogens with zero attached hydrogens (tertiary/aromatic N) is 4. The Labute approximate surface area is 107 Å². The van der Waals surface area contributed by atoms with Crippen molar-refractivity contribution in [2.45, 2.75) is 12.2 Å². The van der Waals surface area contributed by atoms with Gasteiger partial charge in [-0.05, 0) is 0 Å². The van der Waals surface area contributed by atoms with Gasteiger partial charge in [0, 0.05) is 5.57 Å². The van der Waals surface area contributed by atoms with Crippen LogP contribution in [0.4, 0.5) is 5.82 Å². The molecule has 0 saturated carbocycles. The molecule has 0 spiro atoms. The molecule has 1 fully saturated rings. The number of fused-ring (bicyclic) bond motifs is 1. The lowest BCUT2D eigenvalue weighted by Gasteiger charge is -2.09. The molecule has 1 saturated heterocycles. The molecule has 1 aliphatic rings. The molecule has 1 aliphatic heterocycles. The van der Waals surface area contributed by atoms with E-state index in [4.69, 9.17) is 15.6 Å². The van der Waals surface area contributed by atoms with Gasteiger partial charge in [-0.15, -0.1) is 0 Å². The Balaban J connectivity index is 2.11. The number of anilines is 1. The highest BCUT2D eigenvalue weighted by atomic mass is 16.5. The molecule has 8 nitrogen and oxygen atoms in total. The number of aliphatic hydroxyl groups excluding tert-OH is 2.